The molecule has 1 saturated heterocycles. The molecule has 4 atom stereocenters. The average Bonchev–Trinajstić information content (AvgIpc) is 2.85. The van der Waals surface area contributed by atoms with Gasteiger partial charge >= 0.3 is 0 Å². The molecule has 4 aliphatic rings. The minimum Gasteiger partial charge on any atom is -0.508 e. The third-order valence-corrected chi connectivity index (χ3v) is 7.09. The monoisotopic (exact) mass is 299 g/mol. The van der Waals surface area contributed by atoms with Crippen LogP contribution < -0.4 is 0 Å². The summed E-state index contributed by atoms with van der Waals surface area (Å²) in [6.45, 7) is 0.908. The maximum absolute atomic E-state index is 12.6. The molecule has 5 rings (SSSR count). The normalized spacial score (nSPS) is 42.4. The molecular weight excluding hydrogens is 278 g/mol. The van der Waals surface area contributed by atoms with Gasteiger partial charge in [0.1, 0.15) is 11.5 Å². The van der Waals surface area contributed by atoms with Crippen LogP contribution in [0, 0.1) is 5.92 Å². The molecule has 116 valence electrons. The third-order valence-electron chi connectivity index (χ3n) is 7.09. The zero-order chi connectivity index (χ0) is 15.3. The molecule has 1 aromatic carbocycles. The van der Waals surface area contributed by atoms with E-state index < -0.39 is 11.0 Å². The fraction of sp³-hybridized carbons (Fsp3) is 0.611. The van der Waals surface area contributed by atoms with Crippen molar-refractivity contribution < 1.29 is 15.0 Å². The van der Waals surface area contributed by atoms with Gasteiger partial charge in [0, 0.05) is 23.8 Å². The van der Waals surface area contributed by atoms with Crippen molar-refractivity contribution in [3.63, 3.8) is 0 Å². The molecule has 22 heavy (non-hydrogen) atoms. The first-order valence-electron chi connectivity index (χ1n) is 8.28. The third kappa shape index (κ3) is 1.16. The molecule has 2 fully saturated rings. The van der Waals surface area contributed by atoms with Crippen LogP contribution in [0.4, 0.5) is 0 Å². The first-order chi connectivity index (χ1) is 10.5. The van der Waals surface area contributed by atoms with Crippen molar-refractivity contribution >= 4 is 5.78 Å². The van der Waals surface area contributed by atoms with Gasteiger partial charge in [0.25, 0.3) is 0 Å². The molecule has 0 aromatic heterocycles. The summed E-state index contributed by atoms with van der Waals surface area (Å²) in [5.41, 5.74) is 1.99. The lowest BCUT2D eigenvalue weighted by Crippen LogP contribution is -2.74. The molecule has 1 aliphatic heterocycles. The lowest BCUT2D eigenvalue weighted by atomic mass is 9.48. The van der Waals surface area contributed by atoms with E-state index in [0.717, 1.165) is 30.5 Å². The second-order valence-electron chi connectivity index (χ2n) is 7.67. The van der Waals surface area contributed by atoms with Crippen LogP contribution in [0.5, 0.6) is 5.75 Å². The van der Waals surface area contributed by atoms with Crippen LogP contribution in [-0.4, -0.2) is 46.1 Å². The van der Waals surface area contributed by atoms with Crippen LogP contribution >= 0.6 is 0 Å². The molecule has 3 aliphatic carbocycles. The molecule has 1 spiro atoms. The number of likely N-dealkylation sites (tertiary alicyclic amines) is 1. The Labute approximate surface area is 129 Å². The van der Waals surface area contributed by atoms with Crippen molar-refractivity contribution in [1.82, 2.24) is 4.90 Å². The molecule has 4 heteroatoms. The van der Waals surface area contributed by atoms with Crippen molar-refractivity contribution in [3.8, 4) is 5.75 Å². The van der Waals surface area contributed by atoms with Gasteiger partial charge < -0.3 is 15.1 Å². The second kappa shape index (κ2) is 3.74. The van der Waals surface area contributed by atoms with Crippen molar-refractivity contribution in [1.29, 1.82) is 0 Å². The Morgan fingerprint density at radius 2 is 2.09 bits per heavy atom. The predicted molar refractivity (Wildman–Crippen MR) is 80.9 cm³/mol. The van der Waals surface area contributed by atoms with Gasteiger partial charge in [-0.1, -0.05) is 6.07 Å². The Hall–Kier alpha value is -1.39. The molecule has 1 aromatic rings. The number of benzene rings is 1. The smallest absolute Gasteiger partial charge is 0.137 e. The first-order valence-corrected chi connectivity index (χ1v) is 8.28. The number of nitrogens with zero attached hydrogens (tertiary/aromatic N) is 1. The van der Waals surface area contributed by atoms with Crippen molar-refractivity contribution in [2.24, 2.45) is 5.92 Å². The summed E-state index contributed by atoms with van der Waals surface area (Å²) in [5.74, 6) is 0.427. The highest BCUT2D eigenvalue weighted by Gasteiger charge is 2.70. The number of hydrogen-bond acceptors (Lipinski definition) is 4. The SMILES string of the molecule is CN1CC[C@]23c4c5ccc(O)c4C[C@H]2C(=O)CC[C@@]3(O)[C@H]1C5. The van der Waals surface area contributed by atoms with E-state index in [4.69, 9.17) is 0 Å². The summed E-state index contributed by atoms with van der Waals surface area (Å²) >= 11 is 0. The van der Waals surface area contributed by atoms with Gasteiger partial charge in [-0.25, -0.2) is 0 Å². The highest BCUT2D eigenvalue weighted by molar-refractivity contribution is 5.87. The molecule has 4 nitrogen and oxygen atoms in total. The van der Waals surface area contributed by atoms with E-state index in [1.165, 1.54) is 5.56 Å². The Morgan fingerprint density at radius 1 is 1.27 bits per heavy atom. The maximum Gasteiger partial charge on any atom is 0.137 e. The number of aliphatic hydroxyl groups is 1. The lowest BCUT2D eigenvalue weighted by molar-refractivity contribution is -0.180. The molecule has 0 unspecified atom stereocenters. The molecule has 0 amide bonds. The zero-order valence-electron chi connectivity index (χ0n) is 12.8. The van der Waals surface area contributed by atoms with Crippen molar-refractivity contribution in [3.05, 3.63) is 28.8 Å². The van der Waals surface area contributed by atoms with E-state index in [1.807, 2.05) is 6.07 Å². The van der Waals surface area contributed by atoms with Gasteiger partial charge in [-0.3, -0.25) is 4.79 Å². The lowest BCUT2D eigenvalue weighted by Gasteiger charge is -2.63. The van der Waals surface area contributed by atoms with Crippen LogP contribution in [-0.2, 0) is 23.1 Å². The summed E-state index contributed by atoms with van der Waals surface area (Å²) in [5, 5.41) is 22.0. The van der Waals surface area contributed by atoms with Gasteiger partial charge in [-0.05, 0) is 62.0 Å². The van der Waals surface area contributed by atoms with E-state index in [1.54, 1.807) is 6.07 Å². The number of piperidine rings is 1. The van der Waals surface area contributed by atoms with E-state index in [0.29, 0.717) is 25.0 Å². The topological polar surface area (TPSA) is 60.8 Å². The predicted octanol–water partition coefficient (Wildman–Crippen LogP) is 1.16. The average molecular weight is 299 g/mol. The fourth-order valence-electron chi connectivity index (χ4n) is 6.17. The quantitative estimate of drug-likeness (QED) is 0.754. The van der Waals surface area contributed by atoms with Gasteiger partial charge in [-0.2, -0.15) is 0 Å². The number of aromatic hydroxyl groups is 1. The van der Waals surface area contributed by atoms with E-state index in [9.17, 15) is 15.0 Å². The molecule has 1 saturated carbocycles. The first kappa shape index (κ1) is 13.1. The zero-order valence-corrected chi connectivity index (χ0v) is 12.8. The summed E-state index contributed by atoms with van der Waals surface area (Å²) in [7, 11) is 2.09. The number of likely N-dealkylation sites (N-methyl/N-ethyl adjacent to an activating group) is 1. The number of carbonyl (C=O) groups is 1. The molecule has 0 radical (unpaired) electrons. The van der Waals surface area contributed by atoms with E-state index >= 15 is 0 Å². The molecule has 2 N–H and O–H groups in total. The second-order valence-corrected chi connectivity index (χ2v) is 7.67. The Bertz CT molecular complexity index is 715. The maximum atomic E-state index is 12.6. The van der Waals surface area contributed by atoms with Crippen molar-refractivity contribution in [2.75, 3.05) is 13.6 Å². The van der Waals surface area contributed by atoms with Crippen LogP contribution in [0.1, 0.15) is 36.0 Å². The van der Waals surface area contributed by atoms with Gasteiger partial charge in [0.15, 0.2) is 0 Å². The minimum absolute atomic E-state index is 0.0832. The van der Waals surface area contributed by atoms with Crippen LogP contribution in [0.15, 0.2) is 12.1 Å². The Balaban J connectivity index is 1.88. The van der Waals surface area contributed by atoms with Gasteiger partial charge in [-0.15, -0.1) is 0 Å². The van der Waals surface area contributed by atoms with Gasteiger partial charge in [0.2, 0.25) is 0 Å². The number of hydrogen-bond donors (Lipinski definition) is 2. The summed E-state index contributed by atoms with van der Waals surface area (Å²) in [6.07, 6.45) is 3.27. The van der Waals surface area contributed by atoms with Crippen LogP contribution in [0.2, 0.25) is 0 Å². The standard InChI is InChI=1S/C18H21NO3/c1-19-7-6-17-12-9-11-13(20)3-2-10(16(11)17)8-15(19)18(17,22)5-4-14(12)21/h2-3,12,15,20,22H,4-9H2,1H3/t12-,15+,17+,18+/m0/s1. The highest BCUT2D eigenvalue weighted by Crippen LogP contribution is 2.64. The number of phenols is 1. The number of ketones is 1. The summed E-state index contributed by atoms with van der Waals surface area (Å²) < 4.78 is 0. The van der Waals surface area contributed by atoms with Crippen LogP contribution in [0.3, 0.4) is 0 Å². The number of Topliss-reactive ketones (excluding diaryl/α,β-unsaturated/α-hetero) is 1. The van der Waals surface area contributed by atoms with E-state index in [-0.39, 0.29) is 17.7 Å². The number of phenolic OH excluding ortho intramolecular Hbond substituents is 1. The number of rotatable bonds is 0. The molecular formula is C18H21NO3. The fourth-order valence-corrected chi connectivity index (χ4v) is 6.17. The summed E-state index contributed by atoms with van der Waals surface area (Å²) in [6, 6.07) is 3.86. The summed E-state index contributed by atoms with van der Waals surface area (Å²) in [4.78, 5) is 14.9. The number of carbonyl (C=O) groups excluding carboxylic acids is 1. The van der Waals surface area contributed by atoms with Crippen molar-refractivity contribution in [2.45, 2.75) is 49.2 Å². The van der Waals surface area contributed by atoms with Crippen LogP contribution in [0.25, 0.3) is 0 Å². The Kier molecular flexibility index (Phi) is 2.23. The molecule has 2 bridgehead atoms. The van der Waals surface area contributed by atoms with Gasteiger partial charge in [0.05, 0.1) is 5.60 Å². The highest BCUT2D eigenvalue weighted by atomic mass is 16.3. The largest absolute Gasteiger partial charge is 0.508 e. The molecule has 1 heterocycles. The minimum atomic E-state index is -0.829. The Morgan fingerprint density at radius 3 is 2.91 bits per heavy atom. The van der Waals surface area contributed by atoms with E-state index in [2.05, 4.69) is 11.9 Å².